The van der Waals surface area contributed by atoms with Gasteiger partial charge in [-0.25, -0.2) is 0 Å². The monoisotopic (exact) mass is 443 g/mol. The molecular weight excluding hydrogens is 418 g/mol. The van der Waals surface area contributed by atoms with Gasteiger partial charge < -0.3 is 18.6 Å². The highest BCUT2D eigenvalue weighted by atomic mass is 16.5. The van der Waals surface area contributed by atoms with Crippen LogP contribution < -0.4 is 19.6 Å². The number of hydrogen-bond donors (Lipinski definition) is 0. The maximum Gasteiger partial charge on any atom is 0.200 e. The van der Waals surface area contributed by atoms with Gasteiger partial charge in [0.05, 0.1) is 30.7 Å². The summed E-state index contributed by atoms with van der Waals surface area (Å²) in [6, 6.07) is 19.5. The fourth-order valence-electron chi connectivity index (χ4n) is 4.32. The maximum atomic E-state index is 13.4. The van der Waals surface area contributed by atoms with Crippen molar-refractivity contribution in [3.8, 4) is 28.4 Å². The molecule has 2 heterocycles. The molecule has 0 aliphatic carbocycles. The van der Waals surface area contributed by atoms with E-state index < -0.39 is 0 Å². The summed E-state index contributed by atoms with van der Waals surface area (Å²) in [7, 11) is 3.15. The van der Waals surface area contributed by atoms with Crippen molar-refractivity contribution in [2.45, 2.75) is 19.5 Å². The fraction of sp³-hybridized carbons (Fsp3) is 0.222. The van der Waals surface area contributed by atoms with Crippen LogP contribution in [0.25, 0.3) is 22.1 Å². The molecule has 6 nitrogen and oxygen atoms in total. The molecule has 0 unspecified atom stereocenters. The van der Waals surface area contributed by atoms with Crippen LogP contribution in [-0.4, -0.2) is 25.9 Å². The molecule has 3 aromatic carbocycles. The van der Waals surface area contributed by atoms with Crippen LogP contribution in [0.4, 0.5) is 0 Å². The molecule has 0 saturated heterocycles. The lowest BCUT2D eigenvalue weighted by Crippen LogP contribution is -2.34. The van der Waals surface area contributed by atoms with Crippen molar-refractivity contribution in [2.24, 2.45) is 0 Å². The van der Waals surface area contributed by atoms with Gasteiger partial charge in [-0.05, 0) is 42.3 Å². The van der Waals surface area contributed by atoms with Crippen LogP contribution in [0.1, 0.15) is 24.1 Å². The van der Waals surface area contributed by atoms with E-state index in [0.717, 1.165) is 11.3 Å². The highest BCUT2D eigenvalue weighted by Gasteiger charge is 2.26. The molecule has 4 aromatic rings. The van der Waals surface area contributed by atoms with Gasteiger partial charge in [0, 0.05) is 12.6 Å². The molecule has 0 N–H and O–H groups in total. The van der Waals surface area contributed by atoms with E-state index in [1.807, 2.05) is 30.3 Å². The quantitative estimate of drug-likeness (QED) is 0.412. The zero-order chi connectivity index (χ0) is 22.9. The zero-order valence-electron chi connectivity index (χ0n) is 18.8. The third-order valence-corrected chi connectivity index (χ3v) is 6.27. The van der Waals surface area contributed by atoms with Crippen molar-refractivity contribution in [3.05, 3.63) is 88.3 Å². The normalized spacial score (nSPS) is 14.4. The molecule has 0 saturated carbocycles. The fourth-order valence-corrected chi connectivity index (χ4v) is 4.32. The lowest BCUT2D eigenvalue weighted by atomic mass is 10.0. The number of nitrogens with zero attached hydrogens (tertiary/aromatic N) is 1. The summed E-state index contributed by atoms with van der Waals surface area (Å²) >= 11 is 0. The average Bonchev–Trinajstić information content (AvgIpc) is 2.88. The second-order valence-electron chi connectivity index (χ2n) is 8.07. The summed E-state index contributed by atoms with van der Waals surface area (Å²) in [5.41, 5.74) is 3.73. The van der Waals surface area contributed by atoms with E-state index in [4.69, 9.17) is 18.6 Å². The van der Waals surface area contributed by atoms with E-state index >= 15 is 0 Å². The molecule has 0 amide bonds. The number of methoxy groups -OCH3 is 2. The molecule has 5 rings (SSSR count). The van der Waals surface area contributed by atoms with Crippen molar-refractivity contribution in [2.75, 3.05) is 21.0 Å². The Morgan fingerprint density at radius 2 is 1.76 bits per heavy atom. The lowest BCUT2D eigenvalue weighted by Gasteiger charge is -2.34. The van der Waals surface area contributed by atoms with Gasteiger partial charge in [-0.2, -0.15) is 0 Å². The van der Waals surface area contributed by atoms with Crippen molar-refractivity contribution < 1.29 is 18.6 Å². The van der Waals surface area contributed by atoms with Gasteiger partial charge in [-0.1, -0.05) is 36.4 Å². The highest BCUT2D eigenvalue weighted by Crippen LogP contribution is 2.36. The van der Waals surface area contributed by atoms with Crippen LogP contribution in [0.15, 0.2) is 76.1 Å². The SMILES string of the molecule is COc1ccc(-c2coc3c4c(ccc3c2=O)OCN([C@@H](C)c2ccccc2)C4)cc1OC. The molecule has 1 aliphatic rings. The van der Waals surface area contributed by atoms with Crippen LogP contribution in [0.3, 0.4) is 0 Å². The first-order chi connectivity index (χ1) is 16.1. The van der Waals surface area contributed by atoms with Gasteiger partial charge in [-0.3, -0.25) is 9.69 Å². The zero-order valence-corrected chi connectivity index (χ0v) is 18.8. The Balaban J connectivity index is 1.54. The van der Waals surface area contributed by atoms with Gasteiger partial charge in [0.15, 0.2) is 11.5 Å². The summed E-state index contributed by atoms with van der Waals surface area (Å²) in [6.45, 7) is 3.25. The summed E-state index contributed by atoms with van der Waals surface area (Å²) < 4.78 is 22.8. The molecular formula is C27H25NO5. The Morgan fingerprint density at radius 3 is 2.52 bits per heavy atom. The largest absolute Gasteiger partial charge is 0.493 e. The number of ether oxygens (including phenoxy) is 3. The van der Waals surface area contributed by atoms with Crippen LogP contribution in [0, 0.1) is 0 Å². The number of fused-ring (bicyclic) bond motifs is 3. The third-order valence-electron chi connectivity index (χ3n) is 6.27. The molecule has 0 bridgehead atoms. The topological polar surface area (TPSA) is 61.1 Å². The predicted octanol–water partition coefficient (Wildman–Crippen LogP) is 5.39. The predicted molar refractivity (Wildman–Crippen MR) is 127 cm³/mol. The molecule has 0 spiro atoms. The minimum absolute atomic E-state index is 0.0977. The molecule has 0 radical (unpaired) electrons. The van der Waals surface area contributed by atoms with Crippen LogP contribution in [0.5, 0.6) is 17.2 Å². The van der Waals surface area contributed by atoms with Gasteiger partial charge in [0.2, 0.25) is 5.43 Å². The Labute approximate surface area is 191 Å². The Morgan fingerprint density at radius 1 is 0.970 bits per heavy atom. The molecule has 33 heavy (non-hydrogen) atoms. The minimum Gasteiger partial charge on any atom is -0.493 e. The Bertz CT molecular complexity index is 1360. The van der Waals surface area contributed by atoms with Crippen LogP contribution >= 0.6 is 0 Å². The van der Waals surface area contributed by atoms with Gasteiger partial charge in [0.1, 0.15) is 24.3 Å². The van der Waals surface area contributed by atoms with E-state index in [0.29, 0.717) is 46.9 Å². The number of rotatable bonds is 5. The molecule has 0 fully saturated rings. The van der Waals surface area contributed by atoms with Crippen molar-refractivity contribution in [1.82, 2.24) is 4.90 Å². The van der Waals surface area contributed by atoms with E-state index in [1.165, 1.54) is 11.8 Å². The average molecular weight is 443 g/mol. The van der Waals surface area contributed by atoms with E-state index in [2.05, 4.69) is 24.0 Å². The summed E-state index contributed by atoms with van der Waals surface area (Å²) in [4.78, 5) is 15.6. The van der Waals surface area contributed by atoms with Gasteiger partial charge in [0.25, 0.3) is 0 Å². The van der Waals surface area contributed by atoms with E-state index in [9.17, 15) is 4.79 Å². The molecule has 168 valence electrons. The number of benzene rings is 3. The van der Waals surface area contributed by atoms with E-state index in [1.54, 1.807) is 32.4 Å². The van der Waals surface area contributed by atoms with Crippen molar-refractivity contribution >= 4 is 11.0 Å². The Kier molecular flexibility index (Phi) is 5.52. The van der Waals surface area contributed by atoms with Gasteiger partial charge in [-0.15, -0.1) is 0 Å². The highest BCUT2D eigenvalue weighted by molar-refractivity contribution is 5.86. The standard InChI is InChI=1S/C27H25NO5/c1-17(18-7-5-4-6-8-18)28-14-21-23(33-16-28)12-10-20-26(29)22(15-32-27(20)21)19-9-11-24(30-2)25(13-19)31-3/h4-13,15,17H,14,16H2,1-3H3/t17-/m0/s1. The second kappa shape index (κ2) is 8.64. The van der Waals surface area contributed by atoms with Gasteiger partial charge >= 0.3 is 0 Å². The molecule has 6 heteroatoms. The minimum atomic E-state index is -0.0977. The second-order valence-corrected chi connectivity index (χ2v) is 8.07. The van der Waals surface area contributed by atoms with Crippen molar-refractivity contribution in [3.63, 3.8) is 0 Å². The Hall–Kier alpha value is -3.77. The summed E-state index contributed by atoms with van der Waals surface area (Å²) in [5, 5.41) is 0.527. The maximum absolute atomic E-state index is 13.4. The number of hydrogen-bond acceptors (Lipinski definition) is 6. The lowest BCUT2D eigenvalue weighted by molar-refractivity contribution is 0.0620. The first-order valence-corrected chi connectivity index (χ1v) is 10.8. The first kappa shape index (κ1) is 21.1. The van der Waals surface area contributed by atoms with Crippen LogP contribution in [-0.2, 0) is 6.54 Å². The summed E-state index contributed by atoms with van der Waals surface area (Å²) in [5.74, 6) is 1.91. The molecule has 1 aromatic heterocycles. The molecule has 1 atom stereocenters. The van der Waals surface area contributed by atoms with E-state index in [-0.39, 0.29) is 11.5 Å². The van der Waals surface area contributed by atoms with Crippen LogP contribution in [0.2, 0.25) is 0 Å². The first-order valence-electron chi connectivity index (χ1n) is 10.8. The third kappa shape index (κ3) is 3.72. The van der Waals surface area contributed by atoms with Crippen molar-refractivity contribution in [1.29, 1.82) is 0 Å². The summed E-state index contributed by atoms with van der Waals surface area (Å²) in [6.07, 6.45) is 1.52. The smallest absolute Gasteiger partial charge is 0.200 e. The molecule has 1 aliphatic heterocycles.